The predicted octanol–water partition coefficient (Wildman–Crippen LogP) is 6.29. The van der Waals surface area contributed by atoms with E-state index in [9.17, 15) is 0 Å². The fourth-order valence-corrected chi connectivity index (χ4v) is 2.91. The Labute approximate surface area is 139 Å². The summed E-state index contributed by atoms with van der Waals surface area (Å²) in [4.78, 5) is 0. The van der Waals surface area contributed by atoms with Crippen molar-refractivity contribution in [2.75, 3.05) is 5.88 Å². The molecule has 0 aliphatic carbocycles. The van der Waals surface area contributed by atoms with Gasteiger partial charge < -0.3 is 0 Å². The molecule has 0 bridgehead atoms. The van der Waals surface area contributed by atoms with Gasteiger partial charge in [-0.05, 0) is 48.1 Å². The van der Waals surface area contributed by atoms with Crippen LogP contribution in [0.1, 0.15) is 11.1 Å². The molecule has 20 heavy (non-hydrogen) atoms. The summed E-state index contributed by atoms with van der Waals surface area (Å²) in [6.45, 7) is 0. The Kier molecular flexibility index (Phi) is 6.04. The highest BCUT2D eigenvalue weighted by Crippen LogP contribution is 2.26. The Bertz CT molecular complexity index is 580. The van der Waals surface area contributed by atoms with E-state index in [1.165, 1.54) is 0 Å². The van der Waals surface area contributed by atoms with Crippen LogP contribution in [0.25, 0.3) is 0 Å². The molecule has 0 radical (unpaired) electrons. The third-order valence-corrected chi connectivity index (χ3v) is 4.74. The first-order valence-corrected chi connectivity index (χ1v) is 8.00. The molecule has 0 aromatic heterocycles. The monoisotopic (exact) mass is 346 g/mol. The maximum atomic E-state index is 6.19. The molecule has 0 N–H and O–H groups in total. The first kappa shape index (κ1) is 16.0. The molecule has 0 nitrogen and oxygen atoms in total. The molecule has 0 spiro atoms. The maximum Gasteiger partial charge on any atom is 0.0595 e. The Morgan fingerprint density at radius 1 is 0.800 bits per heavy atom. The first-order valence-electron chi connectivity index (χ1n) is 6.33. The van der Waals surface area contributed by atoms with Gasteiger partial charge in [-0.15, -0.1) is 11.6 Å². The molecule has 1 unspecified atom stereocenters. The summed E-state index contributed by atoms with van der Waals surface area (Å²) in [6, 6.07) is 13.6. The Balaban J connectivity index is 2.09. The number of halogens is 4. The largest absolute Gasteiger partial charge is 0.126 e. The standard InChI is InChI=1S/C16H14Cl4/c17-10-12(8-13-3-1-2-4-14(13)18)7-11-5-6-15(19)16(20)9-11/h1-6,9,12H,7-8,10H2. The summed E-state index contributed by atoms with van der Waals surface area (Å²) in [5, 5.41) is 1.94. The minimum absolute atomic E-state index is 0.314. The predicted molar refractivity (Wildman–Crippen MR) is 89.5 cm³/mol. The molecule has 4 heteroatoms. The summed E-state index contributed by atoms with van der Waals surface area (Å²) in [7, 11) is 0. The van der Waals surface area contributed by atoms with Gasteiger partial charge in [-0.2, -0.15) is 0 Å². The van der Waals surface area contributed by atoms with Crippen LogP contribution in [0, 0.1) is 5.92 Å². The number of hydrogen-bond acceptors (Lipinski definition) is 0. The lowest BCUT2D eigenvalue weighted by Gasteiger charge is -2.15. The molecule has 0 fully saturated rings. The minimum Gasteiger partial charge on any atom is -0.126 e. The van der Waals surface area contributed by atoms with E-state index in [-0.39, 0.29) is 0 Å². The summed E-state index contributed by atoms with van der Waals surface area (Å²) >= 11 is 24.2. The zero-order valence-corrected chi connectivity index (χ0v) is 13.8. The second kappa shape index (κ2) is 7.56. The number of rotatable bonds is 5. The van der Waals surface area contributed by atoms with Crippen molar-refractivity contribution in [1.82, 2.24) is 0 Å². The molecule has 0 heterocycles. The van der Waals surface area contributed by atoms with Crippen LogP contribution in [0.5, 0.6) is 0 Å². The van der Waals surface area contributed by atoms with Crippen LogP contribution >= 0.6 is 46.4 Å². The van der Waals surface area contributed by atoms with E-state index in [4.69, 9.17) is 46.4 Å². The highest BCUT2D eigenvalue weighted by atomic mass is 35.5. The van der Waals surface area contributed by atoms with E-state index in [1.807, 2.05) is 42.5 Å². The SMILES string of the molecule is ClCC(Cc1ccc(Cl)c(Cl)c1)Cc1ccccc1Cl. The van der Waals surface area contributed by atoms with Crippen molar-refractivity contribution in [2.45, 2.75) is 12.8 Å². The fourth-order valence-electron chi connectivity index (χ4n) is 2.16. The zero-order chi connectivity index (χ0) is 14.5. The summed E-state index contributed by atoms with van der Waals surface area (Å²) in [5.41, 5.74) is 2.26. The van der Waals surface area contributed by atoms with Gasteiger partial charge in [0.05, 0.1) is 10.0 Å². The average molecular weight is 348 g/mol. The van der Waals surface area contributed by atoms with Gasteiger partial charge >= 0.3 is 0 Å². The lowest BCUT2D eigenvalue weighted by atomic mass is 9.94. The molecular weight excluding hydrogens is 334 g/mol. The van der Waals surface area contributed by atoms with Gasteiger partial charge in [0, 0.05) is 10.9 Å². The average Bonchev–Trinajstić information content (AvgIpc) is 2.44. The molecule has 0 saturated carbocycles. The van der Waals surface area contributed by atoms with E-state index < -0.39 is 0 Å². The molecule has 1 atom stereocenters. The second-order valence-electron chi connectivity index (χ2n) is 4.77. The van der Waals surface area contributed by atoms with Gasteiger partial charge in [0.2, 0.25) is 0 Å². The topological polar surface area (TPSA) is 0 Å². The van der Waals surface area contributed by atoms with Crippen molar-refractivity contribution >= 4 is 46.4 Å². The van der Waals surface area contributed by atoms with Crippen LogP contribution in [-0.4, -0.2) is 5.88 Å². The summed E-state index contributed by atoms with van der Waals surface area (Å²) < 4.78 is 0. The molecule has 0 amide bonds. The van der Waals surface area contributed by atoms with Crippen LogP contribution in [0.2, 0.25) is 15.1 Å². The lowest BCUT2D eigenvalue weighted by molar-refractivity contribution is 0.584. The molecule has 0 aliphatic rings. The van der Waals surface area contributed by atoms with Gasteiger partial charge in [-0.25, -0.2) is 0 Å². The van der Waals surface area contributed by atoms with Gasteiger partial charge in [-0.3, -0.25) is 0 Å². The van der Waals surface area contributed by atoms with Gasteiger partial charge in [-0.1, -0.05) is 59.1 Å². The quantitative estimate of drug-likeness (QED) is 0.557. The minimum atomic E-state index is 0.314. The molecular formula is C16H14Cl4. The van der Waals surface area contributed by atoms with Crippen molar-refractivity contribution in [3.05, 3.63) is 68.7 Å². The van der Waals surface area contributed by atoms with E-state index in [1.54, 1.807) is 0 Å². The molecule has 2 rings (SSSR count). The van der Waals surface area contributed by atoms with E-state index in [0.29, 0.717) is 21.8 Å². The Hall–Kier alpha value is -0.400. The molecule has 106 valence electrons. The van der Waals surface area contributed by atoms with E-state index in [0.717, 1.165) is 29.0 Å². The van der Waals surface area contributed by atoms with Crippen LogP contribution in [0.15, 0.2) is 42.5 Å². The maximum absolute atomic E-state index is 6.19. The number of benzene rings is 2. The second-order valence-corrected chi connectivity index (χ2v) is 6.30. The number of hydrogen-bond donors (Lipinski definition) is 0. The van der Waals surface area contributed by atoms with E-state index in [2.05, 4.69) is 0 Å². The molecule has 0 saturated heterocycles. The normalized spacial score (nSPS) is 12.4. The van der Waals surface area contributed by atoms with Crippen molar-refractivity contribution < 1.29 is 0 Å². The van der Waals surface area contributed by atoms with E-state index >= 15 is 0 Å². The van der Waals surface area contributed by atoms with Crippen molar-refractivity contribution in [1.29, 1.82) is 0 Å². The zero-order valence-electron chi connectivity index (χ0n) is 10.8. The Morgan fingerprint density at radius 3 is 2.20 bits per heavy atom. The third kappa shape index (κ3) is 4.30. The van der Waals surface area contributed by atoms with Crippen molar-refractivity contribution in [2.24, 2.45) is 5.92 Å². The van der Waals surface area contributed by atoms with Crippen LogP contribution in [0.4, 0.5) is 0 Å². The molecule has 2 aromatic carbocycles. The highest BCUT2D eigenvalue weighted by molar-refractivity contribution is 6.42. The van der Waals surface area contributed by atoms with Crippen molar-refractivity contribution in [3.63, 3.8) is 0 Å². The number of alkyl halides is 1. The highest BCUT2D eigenvalue weighted by Gasteiger charge is 2.12. The molecule has 2 aromatic rings. The fraction of sp³-hybridized carbons (Fsp3) is 0.250. The van der Waals surface area contributed by atoms with Gasteiger partial charge in [0.1, 0.15) is 0 Å². The summed E-state index contributed by atoms with van der Waals surface area (Å²) in [6.07, 6.45) is 1.70. The first-order chi connectivity index (χ1) is 9.60. The van der Waals surface area contributed by atoms with Gasteiger partial charge in [0.25, 0.3) is 0 Å². The third-order valence-electron chi connectivity index (χ3n) is 3.19. The molecule has 0 aliphatic heterocycles. The van der Waals surface area contributed by atoms with Crippen LogP contribution in [0.3, 0.4) is 0 Å². The smallest absolute Gasteiger partial charge is 0.0595 e. The van der Waals surface area contributed by atoms with Crippen LogP contribution in [-0.2, 0) is 12.8 Å². The lowest BCUT2D eigenvalue weighted by Crippen LogP contribution is -2.10. The van der Waals surface area contributed by atoms with Crippen molar-refractivity contribution in [3.8, 4) is 0 Å². The Morgan fingerprint density at radius 2 is 1.55 bits per heavy atom. The summed E-state index contributed by atoms with van der Waals surface area (Å²) in [5.74, 6) is 0.889. The van der Waals surface area contributed by atoms with Gasteiger partial charge in [0.15, 0.2) is 0 Å². The van der Waals surface area contributed by atoms with Crippen LogP contribution < -0.4 is 0 Å².